The van der Waals surface area contributed by atoms with Gasteiger partial charge in [-0.25, -0.2) is 0 Å². The maximum Gasteiger partial charge on any atom is 0.0826 e. The molecule has 0 aromatic rings. The zero-order chi connectivity index (χ0) is 10.4. The summed E-state index contributed by atoms with van der Waals surface area (Å²) in [5.74, 6) is 0. The molecule has 1 rings (SSSR count). The summed E-state index contributed by atoms with van der Waals surface area (Å²) in [5, 5.41) is 12.3. The molecule has 2 N–H and O–H groups in total. The number of morpholine rings is 1. The smallest absolute Gasteiger partial charge is 0.0826 e. The molecular formula is C10H22N2O2. The van der Waals surface area contributed by atoms with E-state index >= 15 is 0 Å². The van der Waals surface area contributed by atoms with Crippen molar-refractivity contribution in [2.24, 2.45) is 0 Å². The van der Waals surface area contributed by atoms with Gasteiger partial charge in [-0.2, -0.15) is 0 Å². The minimum absolute atomic E-state index is 0.207. The number of aliphatic hydroxyl groups is 1. The molecule has 0 aromatic carbocycles. The van der Waals surface area contributed by atoms with Crippen LogP contribution in [0.4, 0.5) is 0 Å². The van der Waals surface area contributed by atoms with Crippen molar-refractivity contribution < 1.29 is 9.84 Å². The van der Waals surface area contributed by atoms with Crippen LogP contribution < -0.4 is 5.32 Å². The number of hydrogen-bond acceptors (Lipinski definition) is 4. The Labute approximate surface area is 86.2 Å². The highest BCUT2D eigenvalue weighted by Gasteiger charge is 2.18. The second kappa shape index (κ2) is 6.35. The van der Waals surface area contributed by atoms with Gasteiger partial charge in [-0.3, -0.25) is 0 Å². The second-order valence-corrected chi connectivity index (χ2v) is 3.95. The number of nitrogens with zero attached hydrogens (tertiary/aromatic N) is 1. The molecule has 1 fully saturated rings. The normalized spacial score (nSPS) is 26.4. The third-order valence-corrected chi connectivity index (χ3v) is 2.69. The first-order valence-corrected chi connectivity index (χ1v) is 5.40. The molecule has 4 heteroatoms. The SMILES string of the molecule is CCC(CO)NCC1CN(C)CCO1. The van der Waals surface area contributed by atoms with E-state index < -0.39 is 0 Å². The number of ether oxygens (including phenoxy) is 1. The van der Waals surface area contributed by atoms with Gasteiger partial charge in [0.05, 0.1) is 19.3 Å². The largest absolute Gasteiger partial charge is 0.395 e. The Kier molecular flexibility index (Phi) is 5.40. The van der Waals surface area contributed by atoms with Crippen LogP contribution in [0.1, 0.15) is 13.3 Å². The van der Waals surface area contributed by atoms with Crippen LogP contribution in [0.5, 0.6) is 0 Å². The van der Waals surface area contributed by atoms with Crippen molar-refractivity contribution in [1.82, 2.24) is 10.2 Å². The standard InChI is InChI=1S/C10H22N2O2/c1-3-9(8-13)11-6-10-7-12(2)4-5-14-10/h9-11,13H,3-8H2,1-2H3. The summed E-state index contributed by atoms with van der Waals surface area (Å²) in [4.78, 5) is 2.27. The summed E-state index contributed by atoms with van der Waals surface area (Å²) < 4.78 is 5.60. The van der Waals surface area contributed by atoms with E-state index in [4.69, 9.17) is 9.84 Å². The molecule has 0 amide bonds. The van der Waals surface area contributed by atoms with Crippen molar-refractivity contribution in [2.45, 2.75) is 25.5 Å². The van der Waals surface area contributed by atoms with Gasteiger partial charge in [0.1, 0.15) is 0 Å². The summed E-state index contributed by atoms with van der Waals surface area (Å²) in [5.41, 5.74) is 0. The number of rotatable bonds is 5. The highest BCUT2D eigenvalue weighted by atomic mass is 16.5. The lowest BCUT2D eigenvalue weighted by molar-refractivity contribution is -0.0200. The fourth-order valence-electron chi connectivity index (χ4n) is 1.63. The Morgan fingerprint density at radius 2 is 2.43 bits per heavy atom. The van der Waals surface area contributed by atoms with Crippen LogP contribution in [-0.2, 0) is 4.74 Å². The Hall–Kier alpha value is -0.160. The van der Waals surface area contributed by atoms with E-state index in [0.717, 1.165) is 32.7 Å². The van der Waals surface area contributed by atoms with Crippen molar-refractivity contribution in [1.29, 1.82) is 0 Å². The van der Waals surface area contributed by atoms with Crippen LogP contribution in [-0.4, -0.2) is 62.0 Å². The van der Waals surface area contributed by atoms with Gasteiger partial charge in [0, 0.05) is 25.7 Å². The van der Waals surface area contributed by atoms with Gasteiger partial charge >= 0.3 is 0 Å². The van der Waals surface area contributed by atoms with Crippen molar-refractivity contribution >= 4 is 0 Å². The lowest BCUT2D eigenvalue weighted by atomic mass is 10.2. The fourth-order valence-corrected chi connectivity index (χ4v) is 1.63. The molecule has 2 unspecified atom stereocenters. The summed E-state index contributed by atoms with van der Waals surface area (Å²) in [6.45, 7) is 5.94. The minimum Gasteiger partial charge on any atom is -0.395 e. The zero-order valence-electron chi connectivity index (χ0n) is 9.20. The predicted molar refractivity (Wildman–Crippen MR) is 56.4 cm³/mol. The number of nitrogens with one attached hydrogen (secondary N) is 1. The molecule has 0 aromatic heterocycles. The first kappa shape index (κ1) is 11.9. The summed E-state index contributed by atoms with van der Waals surface area (Å²) >= 11 is 0. The zero-order valence-corrected chi connectivity index (χ0v) is 9.20. The van der Waals surface area contributed by atoms with Crippen molar-refractivity contribution in [3.63, 3.8) is 0 Å². The third kappa shape index (κ3) is 3.92. The second-order valence-electron chi connectivity index (χ2n) is 3.95. The van der Waals surface area contributed by atoms with Gasteiger partial charge in [-0.15, -0.1) is 0 Å². The molecule has 1 saturated heterocycles. The molecular weight excluding hydrogens is 180 g/mol. The Morgan fingerprint density at radius 3 is 3.00 bits per heavy atom. The molecule has 0 saturated carbocycles. The van der Waals surface area contributed by atoms with E-state index in [1.165, 1.54) is 0 Å². The van der Waals surface area contributed by atoms with Crippen LogP contribution in [0.15, 0.2) is 0 Å². The number of aliphatic hydroxyl groups excluding tert-OH is 1. The molecule has 0 bridgehead atoms. The Bertz CT molecular complexity index is 151. The van der Waals surface area contributed by atoms with Crippen molar-refractivity contribution in [3.8, 4) is 0 Å². The first-order chi connectivity index (χ1) is 6.76. The lowest BCUT2D eigenvalue weighted by Crippen LogP contribution is -2.47. The maximum absolute atomic E-state index is 8.99. The Balaban J connectivity index is 2.16. The molecule has 14 heavy (non-hydrogen) atoms. The molecule has 1 heterocycles. The maximum atomic E-state index is 8.99. The average molecular weight is 202 g/mol. The minimum atomic E-state index is 0.207. The Morgan fingerprint density at radius 1 is 1.64 bits per heavy atom. The van der Waals surface area contributed by atoms with Gasteiger partial charge < -0.3 is 20.1 Å². The van der Waals surface area contributed by atoms with E-state index in [-0.39, 0.29) is 18.8 Å². The molecule has 1 aliphatic rings. The van der Waals surface area contributed by atoms with Crippen LogP contribution in [0.3, 0.4) is 0 Å². The van der Waals surface area contributed by atoms with E-state index in [0.29, 0.717) is 0 Å². The molecule has 84 valence electrons. The van der Waals surface area contributed by atoms with Gasteiger partial charge in [0.15, 0.2) is 0 Å². The van der Waals surface area contributed by atoms with Crippen molar-refractivity contribution in [2.75, 3.05) is 39.9 Å². The van der Waals surface area contributed by atoms with Gasteiger partial charge in [0.2, 0.25) is 0 Å². The predicted octanol–water partition coefficient (Wildman–Crippen LogP) is -0.322. The molecule has 4 nitrogen and oxygen atoms in total. The lowest BCUT2D eigenvalue weighted by Gasteiger charge is -2.31. The van der Waals surface area contributed by atoms with Crippen LogP contribution in [0.2, 0.25) is 0 Å². The van der Waals surface area contributed by atoms with Crippen LogP contribution in [0, 0.1) is 0 Å². The molecule has 0 radical (unpaired) electrons. The summed E-state index contributed by atoms with van der Waals surface area (Å²) in [6.07, 6.45) is 1.23. The summed E-state index contributed by atoms with van der Waals surface area (Å²) in [6, 6.07) is 0.214. The van der Waals surface area contributed by atoms with Crippen LogP contribution in [0.25, 0.3) is 0 Å². The van der Waals surface area contributed by atoms with Crippen molar-refractivity contribution in [3.05, 3.63) is 0 Å². The fraction of sp³-hybridized carbons (Fsp3) is 1.00. The summed E-state index contributed by atoms with van der Waals surface area (Å²) in [7, 11) is 2.11. The van der Waals surface area contributed by atoms with E-state index in [9.17, 15) is 0 Å². The molecule has 2 atom stereocenters. The van der Waals surface area contributed by atoms with E-state index in [1.807, 2.05) is 0 Å². The molecule has 1 aliphatic heterocycles. The molecule has 0 aliphatic carbocycles. The highest BCUT2D eigenvalue weighted by Crippen LogP contribution is 2.02. The quantitative estimate of drug-likeness (QED) is 0.641. The van der Waals surface area contributed by atoms with Gasteiger partial charge in [0.25, 0.3) is 0 Å². The monoisotopic (exact) mass is 202 g/mol. The average Bonchev–Trinajstić information content (AvgIpc) is 2.19. The third-order valence-electron chi connectivity index (χ3n) is 2.69. The first-order valence-electron chi connectivity index (χ1n) is 5.40. The number of hydrogen-bond donors (Lipinski definition) is 2. The topological polar surface area (TPSA) is 44.7 Å². The van der Waals surface area contributed by atoms with Gasteiger partial charge in [-0.1, -0.05) is 6.92 Å². The van der Waals surface area contributed by atoms with Gasteiger partial charge in [-0.05, 0) is 13.5 Å². The van der Waals surface area contributed by atoms with E-state index in [2.05, 4.69) is 24.2 Å². The molecule has 0 spiro atoms. The highest BCUT2D eigenvalue weighted by molar-refractivity contribution is 4.73. The van der Waals surface area contributed by atoms with E-state index in [1.54, 1.807) is 0 Å². The number of likely N-dealkylation sites (N-methyl/N-ethyl adjacent to an activating group) is 1. The van der Waals surface area contributed by atoms with Crippen LogP contribution >= 0.6 is 0 Å².